The molecule has 0 atom stereocenters. The van der Waals surface area contributed by atoms with Gasteiger partial charge in [0.05, 0.1) is 0 Å². The topological polar surface area (TPSA) is 85.6 Å². The molecule has 2 aromatic heterocycles. The molecular formula is C14H11ClN6O. The number of nitrogens with zero attached hydrogens (tertiary/aromatic N) is 5. The van der Waals surface area contributed by atoms with E-state index in [4.69, 9.17) is 11.6 Å². The highest BCUT2D eigenvalue weighted by Crippen LogP contribution is 2.13. The highest BCUT2D eigenvalue weighted by atomic mass is 35.5. The molecular weight excluding hydrogens is 304 g/mol. The van der Waals surface area contributed by atoms with E-state index in [0.717, 1.165) is 5.56 Å². The Morgan fingerprint density at radius 3 is 2.59 bits per heavy atom. The molecule has 1 amide bonds. The van der Waals surface area contributed by atoms with E-state index in [-0.39, 0.29) is 12.5 Å². The first kappa shape index (κ1) is 14.2. The van der Waals surface area contributed by atoms with Crippen LogP contribution >= 0.6 is 11.6 Å². The molecule has 3 aromatic rings. The van der Waals surface area contributed by atoms with Crippen LogP contribution in [0.15, 0.2) is 48.8 Å². The number of amides is 1. The van der Waals surface area contributed by atoms with Crippen molar-refractivity contribution in [3.8, 4) is 11.4 Å². The molecule has 0 saturated heterocycles. The van der Waals surface area contributed by atoms with Crippen LogP contribution in [0.3, 0.4) is 0 Å². The van der Waals surface area contributed by atoms with E-state index in [2.05, 4.69) is 25.7 Å². The van der Waals surface area contributed by atoms with Gasteiger partial charge in [0.15, 0.2) is 0 Å². The molecule has 7 nitrogen and oxygen atoms in total. The molecule has 1 N–H and O–H groups in total. The molecule has 0 aliphatic carbocycles. The fourth-order valence-electron chi connectivity index (χ4n) is 1.79. The lowest BCUT2D eigenvalue weighted by Crippen LogP contribution is -2.20. The van der Waals surface area contributed by atoms with Crippen LogP contribution in [0.4, 0.5) is 5.69 Å². The van der Waals surface area contributed by atoms with Crippen molar-refractivity contribution < 1.29 is 4.79 Å². The van der Waals surface area contributed by atoms with Gasteiger partial charge >= 0.3 is 0 Å². The second-order valence-electron chi connectivity index (χ2n) is 4.43. The van der Waals surface area contributed by atoms with Crippen LogP contribution in [0.25, 0.3) is 11.4 Å². The SMILES string of the molecule is O=C(Cn1nnc(-c2ccncc2)n1)Nc1ccc(Cl)cc1. The number of carbonyl (C=O) groups excluding carboxylic acids is 1. The molecule has 0 aliphatic rings. The summed E-state index contributed by atoms with van der Waals surface area (Å²) in [7, 11) is 0. The van der Waals surface area contributed by atoms with Crippen molar-refractivity contribution >= 4 is 23.2 Å². The van der Waals surface area contributed by atoms with Gasteiger partial charge < -0.3 is 5.32 Å². The Labute approximate surface area is 130 Å². The van der Waals surface area contributed by atoms with Crippen LogP contribution in [-0.4, -0.2) is 31.1 Å². The summed E-state index contributed by atoms with van der Waals surface area (Å²) in [5.41, 5.74) is 1.45. The number of hydrogen-bond donors (Lipinski definition) is 1. The molecule has 0 radical (unpaired) electrons. The molecule has 0 spiro atoms. The highest BCUT2D eigenvalue weighted by Gasteiger charge is 2.09. The maximum atomic E-state index is 11.9. The normalized spacial score (nSPS) is 10.4. The Bertz CT molecular complexity index is 772. The summed E-state index contributed by atoms with van der Waals surface area (Å²) in [6.45, 7) is -0.0271. The third-order valence-corrected chi connectivity index (χ3v) is 3.06. The predicted octanol–water partition coefficient (Wildman–Crippen LogP) is 2.03. The lowest BCUT2D eigenvalue weighted by atomic mass is 10.3. The van der Waals surface area contributed by atoms with E-state index in [1.54, 1.807) is 48.8 Å². The number of tetrazole rings is 1. The van der Waals surface area contributed by atoms with Crippen LogP contribution in [-0.2, 0) is 11.3 Å². The van der Waals surface area contributed by atoms with E-state index in [1.807, 2.05) is 0 Å². The third-order valence-electron chi connectivity index (χ3n) is 2.80. The smallest absolute Gasteiger partial charge is 0.248 e. The fourth-order valence-corrected chi connectivity index (χ4v) is 1.91. The largest absolute Gasteiger partial charge is 0.324 e. The second-order valence-corrected chi connectivity index (χ2v) is 4.87. The van der Waals surface area contributed by atoms with Gasteiger partial charge in [-0.2, -0.15) is 4.80 Å². The van der Waals surface area contributed by atoms with Crippen LogP contribution in [0, 0.1) is 0 Å². The van der Waals surface area contributed by atoms with Gasteiger partial charge in [-0.05, 0) is 41.6 Å². The Hall–Kier alpha value is -2.80. The van der Waals surface area contributed by atoms with Gasteiger partial charge in [0.1, 0.15) is 6.54 Å². The standard InChI is InChI=1S/C14H11ClN6O/c15-11-1-3-12(4-2-11)17-13(22)9-21-19-14(18-20-21)10-5-7-16-8-6-10/h1-8H,9H2,(H,17,22). The first-order chi connectivity index (χ1) is 10.7. The monoisotopic (exact) mass is 314 g/mol. The number of rotatable bonds is 4. The van der Waals surface area contributed by atoms with Crippen LogP contribution in [0.2, 0.25) is 5.02 Å². The molecule has 2 heterocycles. The molecule has 0 unspecified atom stereocenters. The minimum atomic E-state index is -0.249. The minimum absolute atomic E-state index is 0.0271. The van der Waals surface area contributed by atoms with E-state index in [0.29, 0.717) is 16.5 Å². The fraction of sp³-hybridized carbons (Fsp3) is 0.0714. The molecule has 1 aromatic carbocycles. The lowest BCUT2D eigenvalue weighted by molar-refractivity contribution is -0.117. The highest BCUT2D eigenvalue weighted by molar-refractivity contribution is 6.30. The molecule has 3 rings (SSSR count). The Balaban J connectivity index is 1.65. The van der Waals surface area contributed by atoms with Crippen molar-refractivity contribution in [1.29, 1.82) is 0 Å². The van der Waals surface area contributed by atoms with Gasteiger partial charge in [0, 0.05) is 28.7 Å². The molecule has 0 fully saturated rings. The Morgan fingerprint density at radius 2 is 1.86 bits per heavy atom. The van der Waals surface area contributed by atoms with Gasteiger partial charge in [0.25, 0.3) is 0 Å². The third kappa shape index (κ3) is 3.44. The van der Waals surface area contributed by atoms with E-state index >= 15 is 0 Å². The van der Waals surface area contributed by atoms with E-state index in [1.165, 1.54) is 4.80 Å². The minimum Gasteiger partial charge on any atom is -0.324 e. The summed E-state index contributed by atoms with van der Waals surface area (Å²) in [6, 6.07) is 10.4. The van der Waals surface area contributed by atoms with Gasteiger partial charge in [-0.3, -0.25) is 9.78 Å². The first-order valence-electron chi connectivity index (χ1n) is 6.44. The van der Waals surface area contributed by atoms with Crippen molar-refractivity contribution in [1.82, 2.24) is 25.2 Å². The number of pyridine rings is 1. The number of aromatic nitrogens is 5. The molecule has 22 heavy (non-hydrogen) atoms. The van der Waals surface area contributed by atoms with Crippen molar-refractivity contribution in [2.75, 3.05) is 5.32 Å². The number of hydrogen-bond acceptors (Lipinski definition) is 5. The zero-order valence-electron chi connectivity index (χ0n) is 11.3. The quantitative estimate of drug-likeness (QED) is 0.796. The van der Waals surface area contributed by atoms with E-state index in [9.17, 15) is 4.79 Å². The summed E-state index contributed by atoms with van der Waals surface area (Å²) in [4.78, 5) is 17.1. The van der Waals surface area contributed by atoms with Crippen molar-refractivity contribution in [2.24, 2.45) is 0 Å². The number of nitrogens with one attached hydrogen (secondary N) is 1. The van der Waals surface area contributed by atoms with Crippen molar-refractivity contribution in [3.05, 3.63) is 53.8 Å². The molecule has 110 valence electrons. The van der Waals surface area contributed by atoms with Crippen LogP contribution in [0.1, 0.15) is 0 Å². The number of halogens is 1. The van der Waals surface area contributed by atoms with Gasteiger partial charge in [-0.15, -0.1) is 10.2 Å². The van der Waals surface area contributed by atoms with Crippen LogP contribution < -0.4 is 5.32 Å². The summed E-state index contributed by atoms with van der Waals surface area (Å²) in [5.74, 6) is 0.197. The molecule has 8 heteroatoms. The first-order valence-corrected chi connectivity index (χ1v) is 6.82. The van der Waals surface area contributed by atoms with Crippen molar-refractivity contribution in [2.45, 2.75) is 6.54 Å². The Kier molecular flexibility index (Phi) is 4.06. The maximum absolute atomic E-state index is 11.9. The number of carbonyl (C=O) groups is 1. The average molecular weight is 315 g/mol. The summed E-state index contributed by atoms with van der Waals surface area (Å²) in [6.07, 6.45) is 3.28. The second kappa shape index (κ2) is 6.31. The zero-order chi connectivity index (χ0) is 15.4. The lowest BCUT2D eigenvalue weighted by Gasteiger charge is -2.04. The summed E-state index contributed by atoms with van der Waals surface area (Å²) < 4.78 is 0. The van der Waals surface area contributed by atoms with Gasteiger partial charge in [-0.25, -0.2) is 0 Å². The van der Waals surface area contributed by atoms with Gasteiger partial charge in [-0.1, -0.05) is 11.6 Å². The maximum Gasteiger partial charge on any atom is 0.248 e. The predicted molar refractivity (Wildman–Crippen MR) is 81.1 cm³/mol. The molecule has 0 bridgehead atoms. The summed E-state index contributed by atoms with van der Waals surface area (Å²) >= 11 is 5.79. The molecule has 0 saturated carbocycles. The summed E-state index contributed by atoms with van der Waals surface area (Å²) in [5, 5.41) is 15.3. The van der Waals surface area contributed by atoms with Gasteiger partial charge in [0.2, 0.25) is 11.7 Å². The molecule has 0 aliphatic heterocycles. The zero-order valence-corrected chi connectivity index (χ0v) is 12.1. The average Bonchev–Trinajstić information content (AvgIpc) is 2.99. The van der Waals surface area contributed by atoms with Crippen LogP contribution in [0.5, 0.6) is 0 Å². The van der Waals surface area contributed by atoms with E-state index < -0.39 is 0 Å². The van der Waals surface area contributed by atoms with Crippen molar-refractivity contribution in [3.63, 3.8) is 0 Å². The number of anilines is 1. The number of benzene rings is 1. The Morgan fingerprint density at radius 1 is 1.14 bits per heavy atom.